The SMILES string of the molecule is COC(=O)c1ccccc1N(CC(=O)Nc1cccc(C)c1C)S(C)(=O)=O. The number of nitrogens with one attached hydrogen (secondary N) is 1. The second-order valence-electron chi connectivity index (χ2n) is 6.07. The van der Waals surface area contributed by atoms with Gasteiger partial charge in [0.05, 0.1) is 24.6 Å². The molecule has 1 N–H and O–H groups in total. The Bertz CT molecular complexity index is 970. The lowest BCUT2D eigenvalue weighted by atomic mass is 10.1. The van der Waals surface area contributed by atoms with Gasteiger partial charge in [0.15, 0.2) is 0 Å². The Morgan fingerprint density at radius 1 is 1.07 bits per heavy atom. The van der Waals surface area contributed by atoms with E-state index in [9.17, 15) is 18.0 Å². The number of rotatable bonds is 6. The lowest BCUT2D eigenvalue weighted by Crippen LogP contribution is -2.38. The second kappa shape index (κ2) is 8.22. The van der Waals surface area contributed by atoms with Crippen LogP contribution in [0, 0.1) is 13.8 Å². The van der Waals surface area contributed by atoms with Gasteiger partial charge < -0.3 is 10.1 Å². The first-order chi connectivity index (χ1) is 12.6. The Kier molecular flexibility index (Phi) is 6.22. The van der Waals surface area contributed by atoms with E-state index in [2.05, 4.69) is 5.32 Å². The van der Waals surface area contributed by atoms with Crippen molar-refractivity contribution in [2.75, 3.05) is 29.5 Å². The van der Waals surface area contributed by atoms with Crippen LogP contribution in [0.1, 0.15) is 21.5 Å². The quantitative estimate of drug-likeness (QED) is 0.765. The van der Waals surface area contributed by atoms with Crippen molar-refractivity contribution in [3.05, 3.63) is 59.2 Å². The highest BCUT2D eigenvalue weighted by Crippen LogP contribution is 2.24. The molecule has 0 aliphatic heterocycles. The summed E-state index contributed by atoms with van der Waals surface area (Å²) in [6, 6.07) is 11.5. The molecule has 0 fully saturated rings. The Hall–Kier alpha value is -2.87. The average molecular weight is 390 g/mol. The average Bonchev–Trinajstić information content (AvgIpc) is 2.62. The largest absolute Gasteiger partial charge is 0.465 e. The smallest absolute Gasteiger partial charge is 0.340 e. The second-order valence-corrected chi connectivity index (χ2v) is 7.98. The number of carbonyl (C=O) groups is 2. The van der Waals surface area contributed by atoms with Gasteiger partial charge in [0.2, 0.25) is 15.9 Å². The summed E-state index contributed by atoms with van der Waals surface area (Å²) in [6.45, 7) is 3.31. The molecule has 2 rings (SSSR count). The third-order valence-corrected chi connectivity index (χ3v) is 5.27. The fourth-order valence-electron chi connectivity index (χ4n) is 2.56. The Labute approximate surface area is 159 Å². The maximum atomic E-state index is 12.5. The summed E-state index contributed by atoms with van der Waals surface area (Å²) in [4.78, 5) is 24.5. The number of methoxy groups -OCH3 is 1. The van der Waals surface area contributed by atoms with Gasteiger partial charge in [0.1, 0.15) is 6.54 Å². The Morgan fingerprint density at radius 3 is 2.37 bits per heavy atom. The number of ether oxygens (including phenoxy) is 1. The molecule has 144 valence electrons. The lowest BCUT2D eigenvalue weighted by molar-refractivity contribution is -0.114. The van der Waals surface area contributed by atoms with Gasteiger partial charge in [-0.3, -0.25) is 9.10 Å². The number of aryl methyl sites for hydroxylation is 1. The van der Waals surface area contributed by atoms with Crippen LogP contribution in [0.4, 0.5) is 11.4 Å². The first-order valence-electron chi connectivity index (χ1n) is 8.16. The molecule has 2 aromatic rings. The molecule has 2 aromatic carbocycles. The van der Waals surface area contributed by atoms with E-state index in [1.165, 1.54) is 19.2 Å². The number of hydrogen-bond donors (Lipinski definition) is 1. The van der Waals surface area contributed by atoms with Crippen LogP contribution in [0.2, 0.25) is 0 Å². The minimum absolute atomic E-state index is 0.0601. The minimum Gasteiger partial charge on any atom is -0.465 e. The molecule has 7 nitrogen and oxygen atoms in total. The van der Waals surface area contributed by atoms with Gasteiger partial charge in [-0.25, -0.2) is 13.2 Å². The summed E-state index contributed by atoms with van der Waals surface area (Å²) >= 11 is 0. The number of sulfonamides is 1. The first kappa shape index (κ1) is 20.4. The molecule has 0 saturated carbocycles. The number of carbonyl (C=O) groups excluding carboxylic acids is 2. The Morgan fingerprint density at radius 2 is 1.74 bits per heavy atom. The van der Waals surface area contributed by atoms with Crippen LogP contribution in [-0.4, -0.2) is 40.2 Å². The molecule has 0 radical (unpaired) electrons. The van der Waals surface area contributed by atoms with Gasteiger partial charge in [-0.1, -0.05) is 24.3 Å². The van der Waals surface area contributed by atoms with E-state index in [0.29, 0.717) is 5.69 Å². The number of hydrogen-bond acceptors (Lipinski definition) is 5. The standard InChI is InChI=1S/C19H22N2O5S/c1-13-8-7-10-16(14(13)2)20-18(22)12-21(27(4,24)25)17-11-6-5-9-15(17)19(23)26-3/h5-11H,12H2,1-4H3,(H,20,22). The maximum absolute atomic E-state index is 12.5. The minimum atomic E-state index is -3.82. The van der Waals surface area contributed by atoms with Gasteiger partial charge >= 0.3 is 5.97 Å². The van der Waals surface area contributed by atoms with Crippen LogP contribution < -0.4 is 9.62 Å². The monoisotopic (exact) mass is 390 g/mol. The molecule has 8 heteroatoms. The van der Waals surface area contributed by atoms with E-state index < -0.39 is 28.4 Å². The summed E-state index contributed by atoms with van der Waals surface area (Å²) < 4.78 is 30.2. The van der Waals surface area contributed by atoms with Gasteiger partial charge in [0, 0.05) is 5.69 Å². The van der Waals surface area contributed by atoms with E-state index in [0.717, 1.165) is 21.7 Å². The zero-order valence-corrected chi connectivity index (χ0v) is 16.5. The van der Waals surface area contributed by atoms with Gasteiger partial charge in [-0.2, -0.15) is 0 Å². The summed E-state index contributed by atoms with van der Waals surface area (Å²) in [6.07, 6.45) is 0.978. The maximum Gasteiger partial charge on any atom is 0.340 e. The van der Waals surface area contributed by atoms with Crippen molar-refractivity contribution in [2.45, 2.75) is 13.8 Å². The fraction of sp³-hybridized carbons (Fsp3) is 0.263. The fourth-order valence-corrected chi connectivity index (χ4v) is 3.43. The van der Waals surface area contributed by atoms with E-state index in [-0.39, 0.29) is 11.3 Å². The molecule has 0 unspecified atom stereocenters. The van der Waals surface area contributed by atoms with E-state index >= 15 is 0 Å². The number of amides is 1. The van der Waals surface area contributed by atoms with Gasteiger partial charge in [-0.05, 0) is 43.2 Å². The molecule has 0 aliphatic carbocycles. The van der Waals surface area contributed by atoms with Crippen LogP contribution in [0.5, 0.6) is 0 Å². The van der Waals surface area contributed by atoms with E-state index in [1.54, 1.807) is 24.3 Å². The highest BCUT2D eigenvalue weighted by molar-refractivity contribution is 7.92. The first-order valence-corrected chi connectivity index (χ1v) is 10.0. The molecule has 27 heavy (non-hydrogen) atoms. The molecule has 0 saturated heterocycles. The molecule has 0 bridgehead atoms. The molecule has 0 atom stereocenters. The highest BCUT2D eigenvalue weighted by Gasteiger charge is 2.25. The molecule has 0 heterocycles. The van der Waals surface area contributed by atoms with Crippen LogP contribution in [0.25, 0.3) is 0 Å². The molecular formula is C19H22N2O5S. The van der Waals surface area contributed by atoms with E-state index in [1.807, 2.05) is 19.9 Å². The van der Waals surface area contributed by atoms with Gasteiger partial charge in [-0.15, -0.1) is 0 Å². The number of esters is 1. The summed E-state index contributed by atoms with van der Waals surface area (Å²) in [7, 11) is -2.62. The summed E-state index contributed by atoms with van der Waals surface area (Å²) in [5.41, 5.74) is 2.65. The van der Waals surface area contributed by atoms with Crippen LogP contribution in [0.15, 0.2) is 42.5 Å². The highest BCUT2D eigenvalue weighted by atomic mass is 32.2. The molecular weight excluding hydrogens is 368 g/mol. The van der Waals surface area contributed by atoms with Crippen molar-refractivity contribution in [1.82, 2.24) is 0 Å². The molecule has 0 spiro atoms. The third kappa shape index (κ3) is 4.85. The number of anilines is 2. The summed E-state index contributed by atoms with van der Waals surface area (Å²) in [5, 5.41) is 2.72. The van der Waals surface area contributed by atoms with Crippen molar-refractivity contribution >= 4 is 33.3 Å². The van der Waals surface area contributed by atoms with E-state index in [4.69, 9.17) is 4.74 Å². The van der Waals surface area contributed by atoms with Crippen LogP contribution in [0.3, 0.4) is 0 Å². The van der Waals surface area contributed by atoms with Crippen molar-refractivity contribution in [3.8, 4) is 0 Å². The van der Waals surface area contributed by atoms with Crippen molar-refractivity contribution in [2.24, 2.45) is 0 Å². The predicted molar refractivity (Wildman–Crippen MR) is 105 cm³/mol. The number of para-hydroxylation sites is 1. The zero-order valence-electron chi connectivity index (χ0n) is 15.6. The van der Waals surface area contributed by atoms with Crippen molar-refractivity contribution in [3.63, 3.8) is 0 Å². The molecule has 0 aliphatic rings. The van der Waals surface area contributed by atoms with Crippen LogP contribution in [-0.2, 0) is 19.6 Å². The van der Waals surface area contributed by atoms with Crippen molar-refractivity contribution in [1.29, 1.82) is 0 Å². The molecule has 0 aromatic heterocycles. The lowest BCUT2D eigenvalue weighted by Gasteiger charge is -2.24. The van der Waals surface area contributed by atoms with Crippen molar-refractivity contribution < 1.29 is 22.7 Å². The van der Waals surface area contributed by atoms with Gasteiger partial charge in [0.25, 0.3) is 0 Å². The zero-order chi connectivity index (χ0) is 20.2. The summed E-state index contributed by atoms with van der Waals surface area (Å²) in [5.74, 6) is -1.21. The Balaban J connectivity index is 2.36. The normalized spacial score (nSPS) is 11.0. The topological polar surface area (TPSA) is 92.8 Å². The molecule has 1 amide bonds. The third-order valence-electron chi connectivity index (χ3n) is 4.14. The van der Waals surface area contributed by atoms with Crippen LogP contribution >= 0.6 is 0 Å². The predicted octanol–water partition coefficient (Wildman–Crippen LogP) is 2.49. The number of benzene rings is 2. The number of nitrogens with zero attached hydrogens (tertiary/aromatic N) is 1.